The molecule has 0 saturated carbocycles. The smallest absolute Gasteiger partial charge is 0.227 e. The number of rotatable bonds is 2. The second kappa shape index (κ2) is 6.28. The Bertz CT molecular complexity index is 687. The van der Waals surface area contributed by atoms with Crippen LogP contribution in [-0.4, -0.2) is 40.4 Å². The number of thiophene rings is 1. The first-order chi connectivity index (χ1) is 11.3. The topological polar surface area (TPSA) is 49.3 Å². The normalized spacial score (nSPS) is 21.1. The molecule has 1 amide bonds. The Morgan fingerprint density at radius 2 is 2.13 bits per heavy atom. The number of carbonyl (C=O) groups is 1. The molecule has 0 unspecified atom stereocenters. The maximum Gasteiger partial charge on any atom is 0.227 e. The van der Waals surface area contributed by atoms with Crippen molar-refractivity contribution in [2.75, 3.05) is 24.5 Å². The largest absolute Gasteiger partial charge is 0.340 e. The lowest BCUT2D eigenvalue weighted by atomic mass is 9.95. The standard InChI is InChI=1S/C17H20N4OS/c22-16(20-9-4-15-13(11-20)5-10-23-15)14-3-1-8-21(12-14)17-18-6-2-7-19-17/h2,5-7,10,14H,1,3-4,8-9,11-12H2/t14-/m1/s1. The highest BCUT2D eigenvalue weighted by Crippen LogP contribution is 2.27. The molecule has 4 heterocycles. The molecule has 0 bridgehead atoms. The van der Waals surface area contributed by atoms with Crippen LogP contribution in [0.2, 0.25) is 0 Å². The Labute approximate surface area is 140 Å². The summed E-state index contributed by atoms with van der Waals surface area (Å²) in [5.41, 5.74) is 1.33. The predicted octanol–water partition coefficient (Wildman–Crippen LogP) is 2.34. The molecule has 1 fully saturated rings. The highest BCUT2D eigenvalue weighted by atomic mass is 32.1. The van der Waals surface area contributed by atoms with Gasteiger partial charge in [-0.05, 0) is 42.3 Å². The number of anilines is 1. The van der Waals surface area contributed by atoms with Crippen LogP contribution >= 0.6 is 11.3 Å². The molecule has 2 aliphatic heterocycles. The average molecular weight is 328 g/mol. The van der Waals surface area contributed by atoms with Gasteiger partial charge in [0.2, 0.25) is 11.9 Å². The fraction of sp³-hybridized carbons (Fsp3) is 0.471. The van der Waals surface area contributed by atoms with Crippen molar-refractivity contribution < 1.29 is 4.79 Å². The van der Waals surface area contributed by atoms with Gasteiger partial charge in [-0.1, -0.05) is 0 Å². The highest BCUT2D eigenvalue weighted by Gasteiger charge is 2.31. The van der Waals surface area contributed by atoms with Crippen molar-refractivity contribution in [3.63, 3.8) is 0 Å². The Hall–Kier alpha value is -1.95. The first kappa shape index (κ1) is 14.6. The lowest BCUT2D eigenvalue weighted by Gasteiger charge is -2.36. The third-order valence-electron chi connectivity index (χ3n) is 4.72. The van der Waals surface area contributed by atoms with E-state index >= 15 is 0 Å². The number of nitrogens with zero attached hydrogens (tertiary/aromatic N) is 4. The van der Waals surface area contributed by atoms with Gasteiger partial charge in [-0.15, -0.1) is 11.3 Å². The molecule has 120 valence electrons. The molecule has 2 aromatic heterocycles. The van der Waals surface area contributed by atoms with Crippen LogP contribution in [0.25, 0.3) is 0 Å². The average Bonchev–Trinajstić information content (AvgIpc) is 3.09. The molecule has 0 radical (unpaired) electrons. The molecule has 0 spiro atoms. The van der Waals surface area contributed by atoms with Gasteiger partial charge in [-0.2, -0.15) is 0 Å². The third-order valence-corrected chi connectivity index (χ3v) is 5.75. The van der Waals surface area contributed by atoms with Crippen molar-refractivity contribution in [2.24, 2.45) is 5.92 Å². The van der Waals surface area contributed by atoms with Crippen LogP contribution in [0, 0.1) is 5.92 Å². The van der Waals surface area contributed by atoms with E-state index in [-0.39, 0.29) is 5.92 Å². The van der Waals surface area contributed by atoms with Crippen LogP contribution in [0.3, 0.4) is 0 Å². The van der Waals surface area contributed by atoms with Crippen LogP contribution in [-0.2, 0) is 17.8 Å². The summed E-state index contributed by atoms with van der Waals surface area (Å²) in [6.07, 6.45) is 6.51. The third kappa shape index (κ3) is 2.95. The van der Waals surface area contributed by atoms with Crippen LogP contribution < -0.4 is 4.90 Å². The number of amides is 1. The van der Waals surface area contributed by atoms with E-state index in [1.165, 1.54) is 10.4 Å². The molecular formula is C17H20N4OS. The number of hydrogen-bond acceptors (Lipinski definition) is 5. The van der Waals surface area contributed by atoms with Gasteiger partial charge in [-0.3, -0.25) is 4.79 Å². The molecule has 0 aliphatic carbocycles. The molecule has 1 saturated heterocycles. The van der Waals surface area contributed by atoms with Crippen molar-refractivity contribution in [3.8, 4) is 0 Å². The molecule has 1 atom stereocenters. The number of fused-ring (bicyclic) bond motifs is 1. The lowest BCUT2D eigenvalue weighted by molar-refractivity contribution is -0.136. The monoisotopic (exact) mass is 328 g/mol. The molecule has 2 aromatic rings. The van der Waals surface area contributed by atoms with Gasteiger partial charge in [0, 0.05) is 43.4 Å². The lowest BCUT2D eigenvalue weighted by Crippen LogP contribution is -2.46. The van der Waals surface area contributed by atoms with E-state index < -0.39 is 0 Å². The summed E-state index contributed by atoms with van der Waals surface area (Å²) in [6, 6.07) is 3.98. The van der Waals surface area contributed by atoms with Crippen LogP contribution in [0.4, 0.5) is 5.95 Å². The van der Waals surface area contributed by atoms with Crippen LogP contribution in [0.15, 0.2) is 29.9 Å². The summed E-state index contributed by atoms with van der Waals surface area (Å²) < 4.78 is 0. The Kier molecular flexibility index (Phi) is 3.99. The number of piperidine rings is 1. The zero-order chi connectivity index (χ0) is 15.6. The number of aromatic nitrogens is 2. The summed E-state index contributed by atoms with van der Waals surface area (Å²) in [5, 5.41) is 2.13. The Morgan fingerprint density at radius 1 is 1.26 bits per heavy atom. The molecule has 4 rings (SSSR count). The van der Waals surface area contributed by atoms with E-state index in [2.05, 4.69) is 26.3 Å². The summed E-state index contributed by atoms with van der Waals surface area (Å²) in [5.74, 6) is 1.10. The van der Waals surface area contributed by atoms with Gasteiger partial charge in [0.05, 0.1) is 5.92 Å². The molecule has 0 aromatic carbocycles. The van der Waals surface area contributed by atoms with Gasteiger partial charge >= 0.3 is 0 Å². The Morgan fingerprint density at radius 3 is 3.00 bits per heavy atom. The molecule has 0 N–H and O–H groups in total. The minimum absolute atomic E-state index is 0.0627. The summed E-state index contributed by atoms with van der Waals surface area (Å²) in [6.45, 7) is 3.29. The summed E-state index contributed by atoms with van der Waals surface area (Å²) >= 11 is 1.81. The minimum atomic E-state index is 0.0627. The van der Waals surface area contributed by atoms with Crippen molar-refractivity contribution in [1.29, 1.82) is 0 Å². The zero-order valence-electron chi connectivity index (χ0n) is 13.0. The fourth-order valence-electron chi connectivity index (χ4n) is 3.51. The van der Waals surface area contributed by atoms with Gasteiger partial charge < -0.3 is 9.80 Å². The van der Waals surface area contributed by atoms with E-state index in [4.69, 9.17) is 0 Å². The number of hydrogen-bond donors (Lipinski definition) is 0. The molecule has 6 heteroatoms. The van der Waals surface area contributed by atoms with E-state index in [9.17, 15) is 4.79 Å². The van der Waals surface area contributed by atoms with Crippen molar-refractivity contribution in [3.05, 3.63) is 40.3 Å². The highest BCUT2D eigenvalue weighted by molar-refractivity contribution is 7.10. The molecule has 5 nitrogen and oxygen atoms in total. The predicted molar refractivity (Wildman–Crippen MR) is 90.4 cm³/mol. The van der Waals surface area contributed by atoms with E-state index in [1.807, 2.05) is 22.3 Å². The van der Waals surface area contributed by atoms with E-state index in [1.54, 1.807) is 12.4 Å². The van der Waals surface area contributed by atoms with Gasteiger partial charge in [-0.25, -0.2) is 9.97 Å². The van der Waals surface area contributed by atoms with Crippen molar-refractivity contribution in [1.82, 2.24) is 14.9 Å². The van der Waals surface area contributed by atoms with Crippen molar-refractivity contribution >= 4 is 23.2 Å². The quantitative estimate of drug-likeness (QED) is 0.849. The zero-order valence-corrected chi connectivity index (χ0v) is 13.8. The molecular weight excluding hydrogens is 308 g/mol. The number of carbonyl (C=O) groups excluding carboxylic acids is 1. The van der Waals surface area contributed by atoms with Gasteiger partial charge in [0.15, 0.2) is 0 Å². The maximum atomic E-state index is 12.9. The van der Waals surface area contributed by atoms with Crippen LogP contribution in [0.1, 0.15) is 23.3 Å². The van der Waals surface area contributed by atoms with E-state index in [0.29, 0.717) is 5.91 Å². The maximum absolute atomic E-state index is 12.9. The minimum Gasteiger partial charge on any atom is -0.340 e. The molecule has 2 aliphatic rings. The van der Waals surface area contributed by atoms with E-state index in [0.717, 1.165) is 51.4 Å². The molecule has 23 heavy (non-hydrogen) atoms. The summed E-state index contributed by atoms with van der Waals surface area (Å²) in [7, 11) is 0. The van der Waals surface area contributed by atoms with Gasteiger partial charge in [0.1, 0.15) is 0 Å². The van der Waals surface area contributed by atoms with Crippen molar-refractivity contribution in [2.45, 2.75) is 25.8 Å². The second-order valence-electron chi connectivity index (χ2n) is 6.21. The second-order valence-corrected chi connectivity index (χ2v) is 7.21. The SMILES string of the molecule is O=C([C@@H]1CCCN(c2ncccn2)C1)N1CCc2sccc2C1. The fourth-order valence-corrected chi connectivity index (χ4v) is 4.40. The van der Waals surface area contributed by atoms with Gasteiger partial charge in [0.25, 0.3) is 0 Å². The first-order valence-corrected chi connectivity index (χ1v) is 9.05. The van der Waals surface area contributed by atoms with Crippen LogP contribution in [0.5, 0.6) is 0 Å². The first-order valence-electron chi connectivity index (χ1n) is 8.17. The Balaban J connectivity index is 1.44. The summed E-state index contributed by atoms with van der Waals surface area (Å²) in [4.78, 5) is 27.2.